The van der Waals surface area contributed by atoms with Crippen LogP contribution in [0.3, 0.4) is 0 Å². The summed E-state index contributed by atoms with van der Waals surface area (Å²) in [5.41, 5.74) is -0.136. The van der Waals surface area contributed by atoms with Gasteiger partial charge in [0, 0.05) is 18.4 Å². The predicted octanol–water partition coefficient (Wildman–Crippen LogP) is 3.10. The Balaban J connectivity index is 2.28. The largest absolute Gasteiger partial charge is 0.450 e. The van der Waals surface area contributed by atoms with Gasteiger partial charge < -0.3 is 4.74 Å². The van der Waals surface area contributed by atoms with Gasteiger partial charge in [-0.2, -0.15) is 0 Å². The van der Waals surface area contributed by atoms with Gasteiger partial charge in [-0.05, 0) is 36.6 Å². The third-order valence-corrected chi connectivity index (χ3v) is 3.43. The summed E-state index contributed by atoms with van der Waals surface area (Å²) in [6.07, 6.45) is 4.94. The second-order valence-corrected chi connectivity index (χ2v) is 5.13. The molecule has 0 saturated carbocycles. The van der Waals surface area contributed by atoms with Gasteiger partial charge in [0.1, 0.15) is 0 Å². The number of halogens is 1. The summed E-state index contributed by atoms with van der Waals surface area (Å²) in [5.74, 6) is -0.582. The first kappa shape index (κ1) is 13.8. The lowest BCUT2D eigenvalue weighted by Gasteiger charge is -2.32. The monoisotopic (exact) mass is 278 g/mol. The van der Waals surface area contributed by atoms with Crippen LogP contribution >= 0.6 is 11.6 Å². The molecule has 1 aliphatic rings. The van der Waals surface area contributed by atoms with Crippen LogP contribution in [-0.2, 0) is 20.7 Å². The predicted molar refractivity (Wildman–Crippen MR) is 73.0 cm³/mol. The van der Waals surface area contributed by atoms with E-state index < -0.39 is 11.6 Å². The second-order valence-electron chi connectivity index (χ2n) is 4.70. The van der Waals surface area contributed by atoms with Crippen LogP contribution in [0.4, 0.5) is 0 Å². The Bertz CT molecular complexity index is 519. The number of allylic oxidation sites excluding steroid dienone is 1. The molecule has 0 amide bonds. The van der Waals surface area contributed by atoms with Crippen molar-refractivity contribution in [1.29, 1.82) is 0 Å². The number of hydrogen-bond acceptors (Lipinski definition) is 3. The zero-order valence-corrected chi connectivity index (χ0v) is 11.4. The van der Waals surface area contributed by atoms with Crippen molar-refractivity contribution in [3.05, 3.63) is 47.0 Å². The molecule has 0 N–H and O–H groups in total. The fourth-order valence-electron chi connectivity index (χ4n) is 2.30. The highest BCUT2D eigenvalue weighted by Crippen LogP contribution is 2.29. The molecule has 0 aliphatic heterocycles. The molecule has 1 unspecified atom stereocenters. The van der Waals surface area contributed by atoms with Crippen molar-refractivity contribution in [1.82, 2.24) is 0 Å². The maximum atomic E-state index is 12.1. The number of carbonyl (C=O) groups is 2. The first-order valence-electron chi connectivity index (χ1n) is 6.17. The minimum atomic E-state index is -1.06. The van der Waals surface area contributed by atoms with Crippen LogP contribution in [0.5, 0.6) is 0 Å². The van der Waals surface area contributed by atoms with Gasteiger partial charge in [0.2, 0.25) is 0 Å². The molecular weight excluding hydrogens is 264 g/mol. The van der Waals surface area contributed by atoms with E-state index in [1.807, 2.05) is 18.2 Å². The van der Waals surface area contributed by atoms with Crippen LogP contribution in [-0.4, -0.2) is 17.4 Å². The Morgan fingerprint density at radius 3 is 2.63 bits per heavy atom. The lowest BCUT2D eigenvalue weighted by Crippen LogP contribution is -2.45. The van der Waals surface area contributed by atoms with Gasteiger partial charge in [-0.15, -0.1) is 0 Å². The molecular formula is C15H15ClO3. The number of hydrogen-bond donors (Lipinski definition) is 0. The quantitative estimate of drug-likeness (QED) is 0.798. The smallest absolute Gasteiger partial charge is 0.303 e. The van der Waals surface area contributed by atoms with Gasteiger partial charge in [-0.1, -0.05) is 29.8 Å². The summed E-state index contributed by atoms with van der Waals surface area (Å²) in [4.78, 5) is 23.4. The van der Waals surface area contributed by atoms with Crippen LogP contribution in [0.2, 0.25) is 5.02 Å². The van der Waals surface area contributed by atoms with E-state index in [1.54, 1.807) is 12.1 Å². The molecule has 1 aromatic rings. The van der Waals surface area contributed by atoms with Gasteiger partial charge >= 0.3 is 5.97 Å². The zero-order chi connectivity index (χ0) is 13.9. The minimum Gasteiger partial charge on any atom is -0.450 e. The Hall–Kier alpha value is -1.61. The molecule has 1 atom stereocenters. The number of carbonyl (C=O) groups excluding carboxylic acids is 2. The van der Waals surface area contributed by atoms with E-state index in [9.17, 15) is 9.59 Å². The third kappa shape index (κ3) is 3.24. The molecule has 1 aliphatic carbocycles. The van der Waals surface area contributed by atoms with Crippen LogP contribution in [0.1, 0.15) is 25.3 Å². The van der Waals surface area contributed by atoms with Crippen molar-refractivity contribution < 1.29 is 14.3 Å². The molecule has 3 nitrogen and oxygen atoms in total. The van der Waals surface area contributed by atoms with Crippen molar-refractivity contribution in [3.63, 3.8) is 0 Å². The van der Waals surface area contributed by atoms with E-state index in [0.717, 1.165) is 12.0 Å². The highest BCUT2D eigenvalue weighted by molar-refractivity contribution is 6.30. The molecule has 2 rings (SSSR count). The van der Waals surface area contributed by atoms with Crippen molar-refractivity contribution in [3.8, 4) is 0 Å². The summed E-state index contributed by atoms with van der Waals surface area (Å²) >= 11 is 5.84. The fourth-order valence-corrected chi connectivity index (χ4v) is 2.43. The number of benzene rings is 1. The second kappa shape index (κ2) is 5.57. The Labute approximate surface area is 117 Å². The molecule has 0 saturated heterocycles. The Morgan fingerprint density at radius 2 is 2.05 bits per heavy atom. The van der Waals surface area contributed by atoms with Crippen molar-refractivity contribution >= 4 is 23.4 Å². The first-order chi connectivity index (χ1) is 9.02. The van der Waals surface area contributed by atoms with E-state index in [1.165, 1.54) is 13.0 Å². The third-order valence-electron chi connectivity index (χ3n) is 3.18. The average Bonchev–Trinajstić information content (AvgIpc) is 2.35. The summed E-state index contributed by atoms with van der Waals surface area (Å²) in [6.45, 7) is 1.33. The molecule has 0 heterocycles. The van der Waals surface area contributed by atoms with Crippen LogP contribution in [0.15, 0.2) is 36.4 Å². The van der Waals surface area contributed by atoms with Crippen molar-refractivity contribution in [2.24, 2.45) is 0 Å². The average molecular weight is 279 g/mol. The molecule has 19 heavy (non-hydrogen) atoms. The van der Waals surface area contributed by atoms with Crippen LogP contribution < -0.4 is 0 Å². The molecule has 100 valence electrons. The summed E-state index contributed by atoms with van der Waals surface area (Å²) in [7, 11) is 0. The molecule has 1 aromatic carbocycles. The number of ketones is 1. The van der Waals surface area contributed by atoms with Crippen molar-refractivity contribution in [2.45, 2.75) is 31.8 Å². The summed E-state index contributed by atoms with van der Waals surface area (Å²) < 4.78 is 5.35. The summed E-state index contributed by atoms with van der Waals surface area (Å²) in [5, 5.41) is 0.639. The summed E-state index contributed by atoms with van der Waals surface area (Å²) in [6, 6.07) is 7.22. The van der Waals surface area contributed by atoms with Gasteiger partial charge in [-0.3, -0.25) is 9.59 Å². The maximum absolute atomic E-state index is 12.1. The van der Waals surface area contributed by atoms with Gasteiger partial charge in [0.25, 0.3) is 0 Å². The Morgan fingerprint density at radius 1 is 1.37 bits per heavy atom. The first-order valence-corrected chi connectivity index (χ1v) is 6.55. The molecule has 4 heteroatoms. The maximum Gasteiger partial charge on any atom is 0.303 e. The normalized spacial score (nSPS) is 22.3. The number of ether oxygens (including phenoxy) is 1. The standard InChI is InChI=1S/C15H15ClO3/c1-11(17)19-15(9-3-2-4-14(15)18)10-12-5-7-13(16)8-6-12/h2,4-8H,3,9-10H2,1H3. The van der Waals surface area contributed by atoms with Gasteiger partial charge in [-0.25, -0.2) is 0 Å². The van der Waals surface area contributed by atoms with E-state index >= 15 is 0 Å². The topological polar surface area (TPSA) is 43.4 Å². The number of esters is 1. The van der Waals surface area contributed by atoms with Crippen LogP contribution in [0, 0.1) is 0 Å². The van der Waals surface area contributed by atoms with Gasteiger partial charge in [0.15, 0.2) is 11.4 Å². The van der Waals surface area contributed by atoms with E-state index in [-0.39, 0.29) is 5.78 Å². The number of rotatable bonds is 3. The van der Waals surface area contributed by atoms with E-state index in [4.69, 9.17) is 16.3 Å². The van der Waals surface area contributed by atoms with Crippen molar-refractivity contribution in [2.75, 3.05) is 0 Å². The molecule has 0 spiro atoms. The molecule has 0 fully saturated rings. The zero-order valence-electron chi connectivity index (χ0n) is 10.7. The highest BCUT2D eigenvalue weighted by atomic mass is 35.5. The van der Waals surface area contributed by atoms with E-state index in [2.05, 4.69) is 0 Å². The fraction of sp³-hybridized carbons (Fsp3) is 0.333. The molecule has 0 aromatic heterocycles. The Kier molecular flexibility index (Phi) is 4.05. The lowest BCUT2D eigenvalue weighted by molar-refractivity contribution is -0.164. The SMILES string of the molecule is CC(=O)OC1(Cc2ccc(Cl)cc2)CCC=CC1=O. The highest BCUT2D eigenvalue weighted by Gasteiger charge is 2.41. The van der Waals surface area contributed by atoms with Gasteiger partial charge in [0.05, 0.1) is 0 Å². The lowest BCUT2D eigenvalue weighted by atomic mass is 9.82. The molecule has 0 radical (unpaired) electrons. The minimum absolute atomic E-state index is 0.149. The molecule has 0 bridgehead atoms. The van der Waals surface area contributed by atoms with E-state index in [0.29, 0.717) is 17.9 Å². The van der Waals surface area contributed by atoms with Crippen LogP contribution in [0.25, 0.3) is 0 Å².